The predicted molar refractivity (Wildman–Crippen MR) is 78.4 cm³/mol. The fraction of sp³-hybridized carbons (Fsp3) is 1.00. The Morgan fingerprint density at radius 2 is 2.05 bits per heavy atom. The molecule has 1 N–H and O–H groups in total. The maximum absolute atomic E-state index is 12.1. The van der Waals surface area contributed by atoms with Crippen molar-refractivity contribution in [2.45, 2.75) is 58.3 Å². The van der Waals surface area contributed by atoms with Crippen LogP contribution in [0.2, 0.25) is 0 Å². The van der Waals surface area contributed by atoms with Crippen molar-refractivity contribution in [1.29, 1.82) is 0 Å². The van der Waals surface area contributed by atoms with Crippen LogP contribution in [0.4, 0.5) is 13.2 Å². The highest BCUT2D eigenvalue weighted by molar-refractivity contribution is 4.95. The first-order valence-corrected chi connectivity index (χ1v) is 7.79. The highest BCUT2D eigenvalue weighted by Gasteiger charge is 2.36. The maximum atomic E-state index is 12.1. The fourth-order valence-electron chi connectivity index (χ4n) is 2.83. The molecule has 0 spiro atoms. The Kier molecular flexibility index (Phi) is 6.94. The second-order valence-corrected chi connectivity index (χ2v) is 6.67. The van der Waals surface area contributed by atoms with E-state index in [1.54, 1.807) is 0 Å². The van der Waals surface area contributed by atoms with E-state index in [2.05, 4.69) is 37.9 Å². The summed E-state index contributed by atoms with van der Waals surface area (Å²) in [5, 5.41) is 3.57. The maximum Gasteiger partial charge on any atom is 0.411 e. The van der Waals surface area contributed by atoms with E-state index in [1.165, 1.54) is 0 Å². The summed E-state index contributed by atoms with van der Waals surface area (Å²) in [4.78, 5) is 2.28. The van der Waals surface area contributed by atoms with Gasteiger partial charge in [-0.2, -0.15) is 13.2 Å². The molecule has 21 heavy (non-hydrogen) atoms. The summed E-state index contributed by atoms with van der Waals surface area (Å²) in [5.41, 5.74) is -0.00489. The van der Waals surface area contributed by atoms with E-state index in [0.29, 0.717) is 18.5 Å². The van der Waals surface area contributed by atoms with Gasteiger partial charge in [0, 0.05) is 31.2 Å². The minimum Gasteiger partial charge on any atom is -0.371 e. The zero-order chi connectivity index (χ0) is 16.1. The second-order valence-electron chi connectivity index (χ2n) is 6.67. The smallest absolute Gasteiger partial charge is 0.371 e. The van der Waals surface area contributed by atoms with Crippen molar-refractivity contribution in [3.63, 3.8) is 0 Å². The van der Waals surface area contributed by atoms with Crippen molar-refractivity contribution in [2.24, 2.45) is 5.92 Å². The van der Waals surface area contributed by atoms with Crippen LogP contribution in [-0.2, 0) is 4.74 Å². The van der Waals surface area contributed by atoms with E-state index in [4.69, 9.17) is 4.74 Å². The van der Waals surface area contributed by atoms with E-state index < -0.39 is 12.8 Å². The lowest BCUT2D eigenvalue weighted by atomic mass is 9.90. The Balaban J connectivity index is 2.48. The SMILES string of the molecule is CCC1(C)CNC(CC(C)C)CN1CCOCC(F)(F)F. The first kappa shape index (κ1) is 18.7. The molecule has 1 heterocycles. The van der Waals surface area contributed by atoms with Crippen LogP contribution in [-0.4, -0.2) is 55.5 Å². The third kappa shape index (κ3) is 6.53. The normalized spacial score (nSPS) is 28.3. The Hall–Kier alpha value is -0.330. The Morgan fingerprint density at radius 1 is 1.38 bits per heavy atom. The van der Waals surface area contributed by atoms with Gasteiger partial charge in [0.1, 0.15) is 6.61 Å². The molecule has 1 aliphatic heterocycles. The summed E-state index contributed by atoms with van der Waals surface area (Å²) in [6.07, 6.45) is -2.19. The molecule has 0 radical (unpaired) electrons. The zero-order valence-electron chi connectivity index (χ0n) is 13.6. The molecular weight excluding hydrogens is 281 g/mol. The molecule has 6 heteroatoms. The van der Waals surface area contributed by atoms with E-state index in [0.717, 1.165) is 25.9 Å². The molecule has 3 nitrogen and oxygen atoms in total. The van der Waals surface area contributed by atoms with Gasteiger partial charge in [0.05, 0.1) is 6.61 Å². The second kappa shape index (κ2) is 7.79. The molecule has 1 fully saturated rings. The standard InChI is InChI=1S/C15H29F3N2O/c1-5-14(4)10-19-13(8-12(2)3)9-20(14)6-7-21-11-15(16,17)18/h12-13,19H,5-11H2,1-4H3. The minimum absolute atomic E-state index is 0.00489. The number of hydrogen-bond acceptors (Lipinski definition) is 3. The summed E-state index contributed by atoms with van der Waals surface area (Å²) in [6, 6.07) is 0.409. The third-order valence-electron chi connectivity index (χ3n) is 4.26. The summed E-state index contributed by atoms with van der Waals surface area (Å²) < 4.78 is 41.1. The van der Waals surface area contributed by atoms with Crippen molar-refractivity contribution in [2.75, 3.05) is 32.8 Å². The number of piperazine rings is 1. The minimum atomic E-state index is -4.24. The van der Waals surface area contributed by atoms with Gasteiger partial charge in [0.15, 0.2) is 0 Å². The van der Waals surface area contributed by atoms with Gasteiger partial charge >= 0.3 is 6.18 Å². The quantitative estimate of drug-likeness (QED) is 0.732. The fourth-order valence-corrected chi connectivity index (χ4v) is 2.83. The van der Waals surface area contributed by atoms with Crippen molar-refractivity contribution in [3.05, 3.63) is 0 Å². The van der Waals surface area contributed by atoms with Crippen LogP contribution in [0.3, 0.4) is 0 Å². The summed E-state index contributed by atoms with van der Waals surface area (Å²) >= 11 is 0. The van der Waals surface area contributed by atoms with Gasteiger partial charge in [0.25, 0.3) is 0 Å². The van der Waals surface area contributed by atoms with Crippen LogP contribution in [0.5, 0.6) is 0 Å². The summed E-state index contributed by atoms with van der Waals surface area (Å²) in [5.74, 6) is 0.608. The number of rotatable bonds is 7. The van der Waals surface area contributed by atoms with Gasteiger partial charge in [-0.15, -0.1) is 0 Å². The highest BCUT2D eigenvalue weighted by atomic mass is 19.4. The van der Waals surface area contributed by atoms with Crippen molar-refractivity contribution < 1.29 is 17.9 Å². The molecule has 126 valence electrons. The molecule has 1 aliphatic rings. The van der Waals surface area contributed by atoms with Gasteiger partial charge in [-0.25, -0.2) is 0 Å². The van der Waals surface area contributed by atoms with Gasteiger partial charge in [-0.05, 0) is 25.7 Å². The molecule has 0 aromatic carbocycles. The summed E-state index contributed by atoms with van der Waals surface area (Å²) in [7, 11) is 0. The van der Waals surface area contributed by atoms with Crippen LogP contribution >= 0.6 is 0 Å². The molecule has 0 aromatic rings. The highest BCUT2D eigenvalue weighted by Crippen LogP contribution is 2.24. The van der Waals surface area contributed by atoms with Gasteiger partial charge in [-0.1, -0.05) is 20.8 Å². The Morgan fingerprint density at radius 3 is 2.57 bits per heavy atom. The van der Waals surface area contributed by atoms with Crippen LogP contribution in [0.15, 0.2) is 0 Å². The lowest BCUT2D eigenvalue weighted by molar-refractivity contribution is -0.175. The van der Waals surface area contributed by atoms with E-state index in [1.807, 2.05) is 0 Å². The average molecular weight is 310 g/mol. The van der Waals surface area contributed by atoms with Gasteiger partial charge < -0.3 is 10.1 Å². The summed E-state index contributed by atoms with van der Waals surface area (Å²) in [6.45, 7) is 9.93. The lowest BCUT2D eigenvalue weighted by Gasteiger charge is -2.48. The van der Waals surface area contributed by atoms with Crippen molar-refractivity contribution in [1.82, 2.24) is 10.2 Å². The molecule has 0 saturated carbocycles. The monoisotopic (exact) mass is 310 g/mol. The van der Waals surface area contributed by atoms with E-state index >= 15 is 0 Å². The van der Waals surface area contributed by atoms with E-state index in [9.17, 15) is 13.2 Å². The lowest BCUT2D eigenvalue weighted by Crippen LogP contribution is -2.63. The molecule has 2 atom stereocenters. The molecular formula is C15H29F3N2O. The molecule has 1 saturated heterocycles. The predicted octanol–water partition coefficient (Wildman–Crippen LogP) is 3.05. The molecule has 0 aromatic heterocycles. The number of halogens is 3. The molecule has 1 rings (SSSR count). The zero-order valence-corrected chi connectivity index (χ0v) is 13.6. The largest absolute Gasteiger partial charge is 0.411 e. The number of nitrogens with zero attached hydrogens (tertiary/aromatic N) is 1. The average Bonchev–Trinajstić information content (AvgIpc) is 2.36. The Labute approximate surface area is 126 Å². The first-order chi connectivity index (χ1) is 9.66. The molecule has 0 amide bonds. The molecule has 0 bridgehead atoms. The van der Waals surface area contributed by atoms with Crippen LogP contribution in [0, 0.1) is 5.92 Å². The first-order valence-electron chi connectivity index (χ1n) is 7.79. The number of hydrogen-bond donors (Lipinski definition) is 1. The van der Waals surface area contributed by atoms with Gasteiger partial charge in [0.2, 0.25) is 0 Å². The van der Waals surface area contributed by atoms with Crippen LogP contribution in [0.1, 0.15) is 40.5 Å². The van der Waals surface area contributed by atoms with E-state index in [-0.39, 0.29) is 12.1 Å². The van der Waals surface area contributed by atoms with Crippen molar-refractivity contribution in [3.8, 4) is 0 Å². The number of nitrogens with one attached hydrogen (secondary N) is 1. The van der Waals surface area contributed by atoms with Crippen LogP contribution < -0.4 is 5.32 Å². The topological polar surface area (TPSA) is 24.5 Å². The van der Waals surface area contributed by atoms with Crippen molar-refractivity contribution >= 4 is 0 Å². The molecule has 0 aliphatic carbocycles. The van der Waals surface area contributed by atoms with Gasteiger partial charge in [-0.3, -0.25) is 4.90 Å². The number of ether oxygens (including phenoxy) is 1. The van der Waals surface area contributed by atoms with Crippen LogP contribution in [0.25, 0.3) is 0 Å². The number of alkyl halides is 3. The molecule has 2 unspecified atom stereocenters. The Bertz CT molecular complexity index is 310. The third-order valence-corrected chi connectivity index (χ3v) is 4.26.